The van der Waals surface area contributed by atoms with Gasteiger partial charge in [-0.25, -0.2) is 18.1 Å². The van der Waals surface area contributed by atoms with Crippen LogP contribution in [0.4, 0.5) is 5.69 Å². The molecule has 1 aliphatic rings. The Labute approximate surface area is 191 Å². The third-order valence-electron chi connectivity index (χ3n) is 5.26. The lowest BCUT2D eigenvalue weighted by Crippen LogP contribution is -2.50. The van der Waals surface area contributed by atoms with Gasteiger partial charge in [-0.1, -0.05) is 29.3 Å². The molecule has 3 aromatic rings. The molecule has 1 aromatic heterocycles. The van der Waals surface area contributed by atoms with Crippen molar-refractivity contribution in [2.45, 2.75) is 11.8 Å². The van der Waals surface area contributed by atoms with Crippen LogP contribution in [-0.4, -0.2) is 71.0 Å². The Morgan fingerprint density at radius 2 is 1.81 bits per heavy atom. The van der Waals surface area contributed by atoms with Crippen LogP contribution in [0.5, 0.6) is 0 Å². The highest BCUT2D eigenvalue weighted by Crippen LogP contribution is 2.24. The predicted molar refractivity (Wildman–Crippen MR) is 121 cm³/mol. The quantitative estimate of drug-likeness (QED) is 0.587. The van der Waals surface area contributed by atoms with Crippen LogP contribution in [0.15, 0.2) is 60.0 Å². The largest absolute Gasteiger partial charge is 0.323 e. The van der Waals surface area contributed by atoms with Crippen LogP contribution in [0.25, 0.3) is 5.69 Å². The van der Waals surface area contributed by atoms with Crippen molar-refractivity contribution in [3.05, 3.63) is 65.7 Å². The smallest absolute Gasteiger partial charge is 0.243 e. The molecule has 0 aliphatic carbocycles. The number of piperazine rings is 1. The van der Waals surface area contributed by atoms with Gasteiger partial charge < -0.3 is 5.32 Å². The van der Waals surface area contributed by atoms with E-state index in [9.17, 15) is 13.2 Å². The molecule has 168 valence electrons. The fraction of sp³-hybridized carbons (Fsp3) is 0.286. The Morgan fingerprint density at radius 3 is 2.47 bits per heavy atom. The second-order valence-electron chi connectivity index (χ2n) is 7.54. The van der Waals surface area contributed by atoms with Crippen molar-refractivity contribution in [1.82, 2.24) is 24.0 Å². The Morgan fingerprint density at radius 1 is 1.09 bits per heavy atom. The first-order chi connectivity index (χ1) is 15.3. The highest BCUT2D eigenvalue weighted by atomic mass is 35.5. The van der Waals surface area contributed by atoms with Gasteiger partial charge in [-0.15, -0.1) is 0 Å². The van der Waals surface area contributed by atoms with Gasteiger partial charge in [-0.3, -0.25) is 9.69 Å². The summed E-state index contributed by atoms with van der Waals surface area (Å²) in [5.41, 5.74) is 2.18. The van der Waals surface area contributed by atoms with Crippen LogP contribution in [0.2, 0.25) is 5.02 Å². The summed E-state index contributed by atoms with van der Waals surface area (Å²) < 4.78 is 28.7. The number of sulfonamides is 1. The number of anilines is 1. The molecular weight excluding hydrogens is 452 g/mol. The number of aryl methyl sites for hydroxylation is 1. The predicted octanol–water partition coefficient (Wildman–Crippen LogP) is 2.17. The highest BCUT2D eigenvalue weighted by Gasteiger charge is 2.29. The van der Waals surface area contributed by atoms with E-state index in [1.54, 1.807) is 47.1 Å². The molecule has 0 saturated carbocycles. The Bertz CT molecular complexity index is 1190. The number of nitrogens with one attached hydrogen (secondary N) is 1. The lowest BCUT2D eigenvalue weighted by molar-refractivity contribution is -0.117. The summed E-state index contributed by atoms with van der Waals surface area (Å²) in [4.78, 5) is 18.8. The Kier molecular flexibility index (Phi) is 6.56. The molecule has 0 atom stereocenters. The molecule has 1 saturated heterocycles. The standard InChI is InChI=1S/C21H23ClN6O3S/c1-16-2-5-18(6-3-16)32(30,31)27-10-8-26(9-11-27)13-21(29)25-19-12-17(22)4-7-20(19)28-15-23-14-24-28/h2-7,12,14-15H,8-11,13H2,1H3,(H,25,29). The molecule has 9 nitrogen and oxygen atoms in total. The molecule has 1 N–H and O–H groups in total. The average Bonchev–Trinajstić information content (AvgIpc) is 3.29. The van der Waals surface area contributed by atoms with Gasteiger partial charge in [-0.05, 0) is 37.3 Å². The van der Waals surface area contributed by atoms with E-state index in [1.165, 1.54) is 17.0 Å². The highest BCUT2D eigenvalue weighted by molar-refractivity contribution is 7.89. The number of hydrogen-bond donors (Lipinski definition) is 1. The number of nitrogens with zero attached hydrogens (tertiary/aromatic N) is 5. The second-order valence-corrected chi connectivity index (χ2v) is 9.92. The van der Waals surface area contributed by atoms with E-state index in [1.807, 2.05) is 11.8 Å². The number of hydrogen-bond acceptors (Lipinski definition) is 6. The molecule has 2 heterocycles. The molecule has 0 spiro atoms. The number of halogens is 1. The molecule has 1 amide bonds. The van der Waals surface area contributed by atoms with Gasteiger partial charge in [0, 0.05) is 31.2 Å². The third-order valence-corrected chi connectivity index (χ3v) is 7.40. The number of rotatable bonds is 6. The summed E-state index contributed by atoms with van der Waals surface area (Å²) in [6, 6.07) is 11.9. The zero-order chi connectivity index (χ0) is 22.7. The van der Waals surface area contributed by atoms with Crippen LogP contribution < -0.4 is 5.32 Å². The van der Waals surface area contributed by atoms with Gasteiger partial charge in [-0.2, -0.15) is 9.40 Å². The van der Waals surface area contributed by atoms with E-state index < -0.39 is 10.0 Å². The van der Waals surface area contributed by atoms with E-state index in [-0.39, 0.29) is 17.3 Å². The van der Waals surface area contributed by atoms with E-state index in [2.05, 4.69) is 15.4 Å². The zero-order valence-corrected chi connectivity index (χ0v) is 19.1. The summed E-state index contributed by atoms with van der Waals surface area (Å²) in [6.07, 6.45) is 2.94. The topological polar surface area (TPSA) is 100 Å². The molecule has 1 aliphatic heterocycles. The summed E-state index contributed by atoms with van der Waals surface area (Å²) in [5.74, 6) is -0.219. The Hall–Kier alpha value is -2.79. The molecule has 11 heteroatoms. The molecular formula is C21H23ClN6O3S. The molecule has 0 radical (unpaired) electrons. The number of carbonyl (C=O) groups is 1. The number of amides is 1. The van der Waals surface area contributed by atoms with E-state index in [0.29, 0.717) is 42.6 Å². The number of carbonyl (C=O) groups excluding carboxylic acids is 1. The van der Waals surface area contributed by atoms with Crippen LogP contribution >= 0.6 is 11.6 Å². The third kappa shape index (κ3) is 4.99. The van der Waals surface area contributed by atoms with Crippen molar-refractivity contribution in [3.8, 4) is 5.69 Å². The van der Waals surface area contributed by atoms with Crippen molar-refractivity contribution >= 4 is 33.2 Å². The minimum atomic E-state index is -3.54. The lowest BCUT2D eigenvalue weighted by Gasteiger charge is -2.33. The second kappa shape index (κ2) is 9.37. The number of benzene rings is 2. The summed E-state index contributed by atoms with van der Waals surface area (Å²) in [7, 11) is -3.54. The fourth-order valence-corrected chi connectivity index (χ4v) is 5.12. The molecule has 2 aromatic carbocycles. The van der Waals surface area contributed by atoms with Gasteiger partial charge in [0.25, 0.3) is 0 Å². The van der Waals surface area contributed by atoms with Gasteiger partial charge in [0.15, 0.2) is 0 Å². The molecule has 0 unspecified atom stereocenters. The van der Waals surface area contributed by atoms with Gasteiger partial charge >= 0.3 is 0 Å². The van der Waals surface area contributed by atoms with Gasteiger partial charge in [0.05, 0.1) is 22.8 Å². The fourth-order valence-electron chi connectivity index (χ4n) is 3.52. The van der Waals surface area contributed by atoms with E-state index in [4.69, 9.17) is 11.6 Å². The number of aromatic nitrogens is 3. The molecule has 0 bridgehead atoms. The summed E-state index contributed by atoms with van der Waals surface area (Å²) in [6.45, 7) is 3.63. The van der Waals surface area contributed by atoms with Crippen molar-refractivity contribution in [2.75, 3.05) is 38.0 Å². The van der Waals surface area contributed by atoms with Crippen molar-refractivity contribution < 1.29 is 13.2 Å². The van der Waals surface area contributed by atoms with Crippen LogP contribution in [0.1, 0.15) is 5.56 Å². The van der Waals surface area contributed by atoms with Crippen LogP contribution in [-0.2, 0) is 14.8 Å². The maximum absolute atomic E-state index is 12.9. The van der Waals surface area contributed by atoms with E-state index in [0.717, 1.165) is 5.56 Å². The summed E-state index contributed by atoms with van der Waals surface area (Å²) >= 11 is 6.10. The SMILES string of the molecule is Cc1ccc(S(=O)(=O)N2CCN(CC(=O)Nc3cc(Cl)ccc3-n3cncn3)CC2)cc1. The minimum Gasteiger partial charge on any atom is -0.323 e. The normalized spacial score (nSPS) is 15.6. The summed E-state index contributed by atoms with van der Waals surface area (Å²) in [5, 5.41) is 7.46. The monoisotopic (exact) mass is 474 g/mol. The molecule has 1 fully saturated rings. The molecule has 32 heavy (non-hydrogen) atoms. The average molecular weight is 475 g/mol. The first kappa shape index (κ1) is 22.4. The van der Waals surface area contributed by atoms with Crippen LogP contribution in [0.3, 0.4) is 0 Å². The maximum atomic E-state index is 12.9. The van der Waals surface area contributed by atoms with Crippen molar-refractivity contribution in [2.24, 2.45) is 0 Å². The van der Waals surface area contributed by atoms with Gasteiger partial charge in [0.2, 0.25) is 15.9 Å². The van der Waals surface area contributed by atoms with Crippen LogP contribution in [0, 0.1) is 6.92 Å². The van der Waals surface area contributed by atoms with E-state index >= 15 is 0 Å². The van der Waals surface area contributed by atoms with Crippen molar-refractivity contribution in [1.29, 1.82) is 0 Å². The maximum Gasteiger partial charge on any atom is 0.243 e. The Balaban J connectivity index is 1.36. The molecule has 4 rings (SSSR count). The van der Waals surface area contributed by atoms with Gasteiger partial charge in [0.1, 0.15) is 12.7 Å². The van der Waals surface area contributed by atoms with Crippen molar-refractivity contribution in [3.63, 3.8) is 0 Å². The zero-order valence-electron chi connectivity index (χ0n) is 17.5. The minimum absolute atomic E-state index is 0.141. The first-order valence-corrected chi connectivity index (χ1v) is 11.9. The lowest BCUT2D eigenvalue weighted by atomic mass is 10.2. The first-order valence-electron chi connectivity index (χ1n) is 10.1.